The molecule has 2 N–H and O–H groups in total. The van der Waals surface area contributed by atoms with Crippen molar-refractivity contribution in [2.45, 2.75) is 67.6 Å². The Labute approximate surface area is 166 Å². The van der Waals surface area contributed by atoms with Gasteiger partial charge in [-0.1, -0.05) is 0 Å². The normalized spacial score (nSPS) is 30.4. The van der Waals surface area contributed by atoms with Crippen molar-refractivity contribution < 1.29 is 18.3 Å². The van der Waals surface area contributed by atoms with E-state index >= 15 is 0 Å². The fourth-order valence-electron chi connectivity index (χ4n) is 4.96. The minimum Gasteiger partial charge on any atom is -0.393 e. The number of piperidine rings is 2. The average molecular weight is 408 g/mol. The van der Waals surface area contributed by atoms with Crippen molar-refractivity contribution in [3.8, 4) is 0 Å². The van der Waals surface area contributed by atoms with E-state index in [1.165, 1.54) is 6.26 Å². The molecule has 2 amide bonds. The van der Waals surface area contributed by atoms with E-state index in [-0.39, 0.29) is 30.3 Å². The van der Waals surface area contributed by atoms with Crippen LogP contribution in [-0.2, 0) is 9.84 Å². The number of rotatable bonds is 3. The quantitative estimate of drug-likeness (QED) is 0.797. The first-order chi connectivity index (χ1) is 13.3. The minimum absolute atomic E-state index is 0.00123. The van der Waals surface area contributed by atoms with Crippen LogP contribution in [0.5, 0.6) is 0 Å². The van der Waals surface area contributed by atoms with Crippen LogP contribution in [0.4, 0.5) is 10.5 Å². The van der Waals surface area contributed by atoms with Gasteiger partial charge >= 0.3 is 6.03 Å². The standard InChI is InChI=1S/C20H29N3O4S/c1-28(26,27)19-8-6-15(7-9-19)22-10-2-3-14(13-22)21-20(25)23-16-4-5-17(23)12-18(24)11-16/h6-9,14,16-18,24H,2-5,10-13H2,1H3,(H,21,25)/t14-,16-,17+,18?/m0/s1. The molecule has 0 radical (unpaired) electrons. The highest BCUT2D eigenvalue weighted by Crippen LogP contribution is 2.35. The van der Waals surface area contributed by atoms with Crippen LogP contribution >= 0.6 is 0 Å². The van der Waals surface area contributed by atoms with Crippen molar-refractivity contribution in [2.24, 2.45) is 0 Å². The Morgan fingerprint density at radius 3 is 2.36 bits per heavy atom. The highest BCUT2D eigenvalue weighted by atomic mass is 32.2. The van der Waals surface area contributed by atoms with E-state index in [1.807, 2.05) is 17.0 Å². The van der Waals surface area contributed by atoms with Gasteiger partial charge in [0.05, 0.1) is 11.0 Å². The Bertz CT molecular complexity index is 812. The zero-order valence-electron chi connectivity index (χ0n) is 16.3. The fourth-order valence-corrected chi connectivity index (χ4v) is 5.59. The molecule has 3 heterocycles. The van der Waals surface area contributed by atoms with Crippen molar-refractivity contribution >= 4 is 21.6 Å². The predicted octanol–water partition coefficient (Wildman–Crippen LogP) is 1.76. The van der Waals surface area contributed by atoms with E-state index in [4.69, 9.17) is 0 Å². The topological polar surface area (TPSA) is 90.0 Å². The first-order valence-electron chi connectivity index (χ1n) is 10.1. The highest BCUT2D eigenvalue weighted by molar-refractivity contribution is 7.90. The number of benzene rings is 1. The SMILES string of the molecule is CS(=O)(=O)c1ccc(N2CCC[C@H](NC(=O)N3[C@@H]4CC[C@H]3CC(O)C4)C2)cc1. The van der Waals surface area contributed by atoms with Gasteiger partial charge in [-0.05, 0) is 62.8 Å². The van der Waals surface area contributed by atoms with Gasteiger partial charge in [0.2, 0.25) is 0 Å². The third-order valence-corrected chi connectivity index (χ3v) is 7.45. The van der Waals surface area contributed by atoms with Gasteiger partial charge in [-0.3, -0.25) is 0 Å². The molecular formula is C20H29N3O4S. The van der Waals surface area contributed by atoms with Gasteiger partial charge in [-0.15, -0.1) is 0 Å². The van der Waals surface area contributed by atoms with Crippen LogP contribution in [0.2, 0.25) is 0 Å². The molecular weight excluding hydrogens is 378 g/mol. The highest BCUT2D eigenvalue weighted by Gasteiger charge is 2.43. The van der Waals surface area contributed by atoms with E-state index < -0.39 is 9.84 Å². The molecule has 7 nitrogen and oxygen atoms in total. The molecule has 1 aromatic rings. The molecule has 28 heavy (non-hydrogen) atoms. The molecule has 0 spiro atoms. The third-order valence-electron chi connectivity index (χ3n) is 6.32. The van der Waals surface area contributed by atoms with E-state index in [0.29, 0.717) is 17.7 Å². The molecule has 0 aromatic heterocycles. The maximum atomic E-state index is 12.9. The summed E-state index contributed by atoms with van der Waals surface area (Å²) in [6.07, 6.45) is 6.19. The Balaban J connectivity index is 1.38. The Kier molecular flexibility index (Phi) is 5.26. The first-order valence-corrected chi connectivity index (χ1v) is 12.0. The summed E-state index contributed by atoms with van der Waals surface area (Å²) in [5, 5.41) is 13.1. The van der Waals surface area contributed by atoms with Gasteiger partial charge in [-0.25, -0.2) is 13.2 Å². The summed E-state index contributed by atoms with van der Waals surface area (Å²) >= 11 is 0. The molecule has 3 fully saturated rings. The lowest BCUT2D eigenvalue weighted by Crippen LogP contribution is -2.56. The lowest BCUT2D eigenvalue weighted by atomic mass is 10.00. The maximum Gasteiger partial charge on any atom is 0.318 e. The summed E-state index contributed by atoms with van der Waals surface area (Å²) in [7, 11) is -3.20. The summed E-state index contributed by atoms with van der Waals surface area (Å²) in [4.78, 5) is 17.4. The number of carbonyl (C=O) groups is 1. The number of sulfone groups is 1. The minimum atomic E-state index is -3.20. The second-order valence-electron chi connectivity index (χ2n) is 8.42. The Morgan fingerprint density at radius 1 is 1.11 bits per heavy atom. The van der Waals surface area contributed by atoms with Crippen molar-refractivity contribution in [2.75, 3.05) is 24.2 Å². The van der Waals surface area contributed by atoms with E-state index in [2.05, 4.69) is 10.2 Å². The third kappa shape index (κ3) is 3.98. The summed E-state index contributed by atoms with van der Waals surface area (Å²) in [6, 6.07) is 7.36. The smallest absolute Gasteiger partial charge is 0.318 e. The molecule has 3 saturated heterocycles. The lowest BCUT2D eigenvalue weighted by molar-refractivity contribution is 0.0533. The van der Waals surface area contributed by atoms with Crippen LogP contribution < -0.4 is 10.2 Å². The van der Waals surface area contributed by atoms with Gasteiger partial charge in [0.15, 0.2) is 9.84 Å². The maximum absolute atomic E-state index is 12.9. The molecule has 0 saturated carbocycles. The fraction of sp³-hybridized carbons (Fsp3) is 0.650. The van der Waals surface area contributed by atoms with Crippen LogP contribution in [0.1, 0.15) is 38.5 Å². The lowest BCUT2D eigenvalue weighted by Gasteiger charge is -2.40. The van der Waals surface area contributed by atoms with Gasteiger partial charge < -0.3 is 20.2 Å². The van der Waals surface area contributed by atoms with Gasteiger partial charge in [0.25, 0.3) is 0 Å². The van der Waals surface area contributed by atoms with E-state index in [1.54, 1.807) is 12.1 Å². The van der Waals surface area contributed by atoms with Crippen LogP contribution in [-0.4, -0.2) is 68.0 Å². The zero-order chi connectivity index (χ0) is 19.9. The Hall–Kier alpha value is -1.80. The summed E-state index contributed by atoms with van der Waals surface area (Å²) in [6.45, 7) is 1.61. The van der Waals surface area contributed by atoms with Crippen LogP contribution in [0.25, 0.3) is 0 Å². The largest absolute Gasteiger partial charge is 0.393 e. The monoisotopic (exact) mass is 407 g/mol. The molecule has 1 aromatic carbocycles. The molecule has 3 aliphatic rings. The molecule has 2 bridgehead atoms. The zero-order valence-corrected chi connectivity index (χ0v) is 17.1. The van der Waals surface area contributed by atoms with Crippen molar-refractivity contribution in [1.82, 2.24) is 10.2 Å². The van der Waals surface area contributed by atoms with Crippen LogP contribution in [0, 0.1) is 0 Å². The molecule has 3 aliphatic heterocycles. The number of amides is 2. The average Bonchev–Trinajstić information content (AvgIpc) is 2.93. The van der Waals surface area contributed by atoms with Gasteiger partial charge in [0, 0.05) is 43.2 Å². The van der Waals surface area contributed by atoms with Crippen molar-refractivity contribution in [1.29, 1.82) is 0 Å². The molecule has 0 aliphatic carbocycles. The molecule has 4 rings (SSSR count). The number of nitrogens with zero attached hydrogens (tertiary/aromatic N) is 2. The number of aliphatic hydroxyl groups is 1. The molecule has 1 unspecified atom stereocenters. The number of anilines is 1. The summed E-state index contributed by atoms with van der Waals surface area (Å²) < 4.78 is 23.3. The molecule has 8 heteroatoms. The number of nitrogens with one attached hydrogen (secondary N) is 1. The Morgan fingerprint density at radius 2 is 1.75 bits per heavy atom. The second kappa shape index (κ2) is 7.55. The van der Waals surface area contributed by atoms with Crippen LogP contribution in [0.15, 0.2) is 29.2 Å². The number of carbonyl (C=O) groups excluding carboxylic acids is 1. The van der Waals surface area contributed by atoms with Gasteiger partial charge in [0.1, 0.15) is 0 Å². The van der Waals surface area contributed by atoms with E-state index in [9.17, 15) is 18.3 Å². The summed E-state index contributed by atoms with van der Waals surface area (Å²) in [5.74, 6) is 0. The van der Waals surface area contributed by atoms with Crippen molar-refractivity contribution in [3.63, 3.8) is 0 Å². The van der Waals surface area contributed by atoms with E-state index in [0.717, 1.165) is 44.5 Å². The van der Waals surface area contributed by atoms with Crippen LogP contribution in [0.3, 0.4) is 0 Å². The summed E-state index contributed by atoms with van der Waals surface area (Å²) in [5.41, 5.74) is 0.979. The van der Waals surface area contributed by atoms with Gasteiger partial charge in [-0.2, -0.15) is 0 Å². The predicted molar refractivity (Wildman–Crippen MR) is 107 cm³/mol. The molecule has 154 valence electrons. The molecule has 4 atom stereocenters. The second-order valence-corrected chi connectivity index (χ2v) is 10.4. The van der Waals surface area contributed by atoms with Crippen molar-refractivity contribution in [3.05, 3.63) is 24.3 Å². The first kappa shape index (κ1) is 19.5. The number of fused-ring (bicyclic) bond motifs is 2. The number of urea groups is 1. The number of aliphatic hydroxyl groups excluding tert-OH is 1. The number of hydrogen-bond acceptors (Lipinski definition) is 5. The number of hydrogen-bond donors (Lipinski definition) is 2.